The van der Waals surface area contributed by atoms with Gasteiger partial charge in [0.15, 0.2) is 5.03 Å². The fraction of sp³-hybridized carbons (Fsp3) is 0.385. The van der Waals surface area contributed by atoms with Gasteiger partial charge in [0, 0.05) is 18.8 Å². The Kier molecular flexibility index (Phi) is 3.53. The molecule has 0 aliphatic carbocycles. The molecule has 8 nitrogen and oxygen atoms in total. The van der Waals surface area contributed by atoms with Crippen LogP contribution in [0.1, 0.15) is 5.69 Å². The predicted molar refractivity (Wildman–Crippen MR) is 78.2 cm³/mol. The quantitative estimate of drug-likeness (QED) is 0.845. The summed E-state index contributed by atoms with van der Waals surface area (Å²) < 4.78 is 32.8. The zero-order valence-electron chi connectivity index (χ0n) is 12.2. The number of hydrogen-bond acceptors (Lipinski definition) is 5. The molecule has 0 bridgehead atoms. The minimum absolute atomic E-state index is 0.0652. The van der Waals surface area contributed by atoms with Gasteiger partial charge in [-0.25, -0.2) is 13.4 Å². The molecule has 1 aliphatic rings. The highest BCUT2D eigenvalue weighted by molar-refractivity contribution is 7.89. The first-order valence-electron chi connectivity index (χ1n) is 6.71. The number of hydrogen-bond donors (Lipinski definition) is 1. The average Bonchev–Trinajstić information content (AvgIpc) is 2.94. The number of sulfonamides is 1. The lowest BCUT2D eigenvalue weighted by atomic mass is 10.2. The predicted octanol–water partition coefficient (Wildman–Crippen LogP) is -0.131. The number of H-pyrrole nitrogens is 1. The molecule has 0 radical (unpaired) electrons. The number of nitrogens with one attached hydrogen (secondary N) is 1. The molecule has 1 saturated heterocycles. The third kappa shape index (κ3) is 2.53. The standard InChI is InChI=1S/C13H16N4O4S/c1-9-3-10(4-13(18)16(9)2)21-11-6-17(7-11)22(19,20)12-5-14-8-15-12/h3-5,8,11H,6-7H2,1-2H3,(H,14,15). The van der Waals surface area contributed by atoms with E-state index in [-0.39, 0.29) is 29.8 Å². The van der Waals surface area contributed by atoms with E-state index in [9.17, 15) is 13.2 Å². The Labute approximate surface area is 127 Å². The van der Waals surface area contributed by atoms with Gasteiger partial charge >= 0.3 is 0 Å². The van der Waals surface area contributed by atoms with E-state index in [1.807, 2.05) is 6.92 Å². The summed E-state index contributed by atoms with van der Waals surface area (Å²) in [5.74, 6) is 0.462. The second-order valence-electron chi connectivity index (χ2n) is 5.21. The largest absolute Gasteiger partial charge is 0.487 e. The second-order valence-corrected chi connectivity index (χ2v) is 7.11. The van der Waals surface area contributed by atoms with Crippen molar-refractivity contribution in [2.24, 2.45) is 7.05 Å². The normalized spacial score (nSPS) is 16.5. The van der Waals surface area contributed by atoms with Gasteiger partial charge in [-0.2, -0.15) is 4.31 Å². The van der Waals surface area contributed by atoms with Gasteiger partial charge in [0.2, 0.25) is 0 Å². The van der Waals surface area contributed by atoms with Crippen molar-refractivity contribution < 1.29 is 13.2 Å². The van der Waals surface area contributed by atoms with E-state index >= 15 is 0 Å². The number of aryl methyl sites for hydroxylation is 1. The average molecular weight is 324 g/mol. The van der Waals surface area contributed by atoms with E-state index in [1.54, 1.807) is 13.1 Å². The lowest BCUT2D eigenvalue weighted by molar-refractivity contribution is 0.0757. The highest BCUT2D eigenvalue weighted by Crippen LogP contribution is 2.23. The summed E-state index contributed by atoms with van der Waals surface area (Å²) in [4.78, 5) is 18.0. The smallest absolute Gasteiger partial charge is 0.260 e. The molecule has 3 rings (SSSR count). The van der Waals surface area contributed by atoms with Crippen LogP contribution in [-0.4, -0.2) is 46.5 Å². The van der Waals surface area contributed by atoms with Crippen molar-refractivity contribution in [1.82, 2.24) is 18.8 Å². The van der Waals surface area contributed by atoms with Gasteiger partial charge in [-0.1, -0.05) is 0 Å². The number of ether oxygens (including phenoxy) is 1. The summed E-state index contributed by atoms with van der Waals surface area (Å²) in [7, 11) is -1.85. The Morgan fingerprint density at radius 2 is 2.09 bits per heavy atom. The lowest BCUT2D eigenvalue weighted by Crippen LogP contribution is -2.56. The fourth-order valence-corrected chi connectivity index (χ4v) is 3.59. The maximum atomic E-state index is 12.2. The molecule has 0 amide bonds. The maximum Gasteiger partial charge on any atom is 0.260 e. The Morgan fingerprint density at radius 1 is 1.36 bits per heavy atom. The van der Waals surface area contributed by atoms with E-state index in [1.165, 1.54) is 27.5 Å². The van der Waals surface area contributed by atoms with Crippen LogP contribution in [-0.2, 0) is 17.1 Å². The molecular formula is C13H16N4O4S. The first kappa shape index (κ1) is 14.8. The molecule has 118 valence electrons. The van der Waals surface area contributed by atoms with Crippen LogP contribution in [0, 0.1) is 6.92 Å². The summed E-state index contributed by atoms with van der Waals surface area (Å²) in [6.07, 6.45) is 2.33. The van der Waals surface area contributed by atoms with E-state index in [0.717, 1.165) is 5.69 Å². The lowest BCUT2D eigenvalue weighted by Gasteiger charge is -2.37. The number of aromatic amines is 1. The molecule has 1 fully saturated rings. The number of nitrogens with zero attached hydrogens (tertiary/aromatic N) is 3. The Morgan fingerprint density at radius 3 is 2.68 bits per heavy atom. The highest BCUT2D eigenvalue weighted by Gasteiger charge is 2.38. The van der Waals surface area contributed by atoms with Gasteiger partial charge in [0.05, 0.1) is 25.6 Å². The molecule has 1 aliphatic heterocycles. The SMILES string of the molecule is Cc1cc(OC2CN(S(=O)(=O)c3cnc[nH]3)C2)cc(=O)n1C. The van der Waals surface area contributed by atoms with Crippen molar-refractivity contribution in [3.8, 4) is 5.75 Å². The molecule has 2 aromatic heterocycles. The minimum atomic E-state index is -3.54. The summed E-state index contributed by atoms with van der Waals surface area (Å²) in [5.41, 5.74) is 0.625. The van der Waals surface area contributed by atoms with Gasteiger partial charge in [-0.3, -0.25) is 4.79 Å². The van der Waals surface area contributed by atoms with Crippen LogP contribution in [0.15, 0.2) is 34.5 Å². The molecular weight excluding hydrogens is 308 g/mol. The molecule has 2 aromatic rings. The second kappa shape index (κ2) is 5.25. The molecule has 1 N–H and O–H groups in total. The van der Waals surface area contributed by atoms with Crippen LogP contribution in [0.2, 0.25) is 0 Å². The van der Waals surface area contributed by atoms with Gasteiger partial charge in [-0.15, -0.1) is 0 Å². The molecule has 0 aromatic carbocycles. The number of aromatic nitrogens is 3. The summed E-state index contributed by atoms with van der Waals surface area (Å²) in [6, 6.07) is 3.16. The summed E-state index contributed by atoms with van der Waals surface area (Å²) >= 11 is 0. The summed E-state index contributed by atoms with van der Waals surface area (Å²) in [5, 5.41) is 0.0652. The zero-order valence-corrected chi connectivity index (χ0v) is 13.0. The Balaban J connectivity index is 1.66. The van der Waals surface area contributed by atoms with Crippen molar-refractivity contribution in [3.05, 3.63) is 40.7 Å². The monoisotopic (exact) mass is 324 g/mol. The molecule has 0 saturated carbocycles. The van der Waals surface area contributed by atoms with E-state index in [2.05, 4.69) is 9.97 Å². The van der Waals surface area contributed by atoms with Crippen LogP contribution in [0.25, 0.3) is 0 Å². The zero-order chi connectivity index (χ0) is 15.9. The topological polar surface area (TPSA) is 97.3 Å². The molecule has 9 heteroatoms. The van der Waals surface area contributed by atoms with Crippen LogP contribution >= 0.6 is 0 Å². The fourth-order valence-electron chi connectivity index (χ4n) is 2.19. The van der Waals surface area contributed by atoms with Crippen molar-refractivity contribution in [3.63, 3.8) is 0 Å². The number of pyridine rings is 1. The van der Waals surface area contributed by atoms with Crippen molar-refractivity contribution >= 4 is 10.0 Å². The van der Waals surface area contributed by atoms with Crippen LogP contribution < -0.4 is 10.3 Å². The van der Waals surface area contributed by atoms with Gasteiger partial charge in [0.1, 0.15) is 11.9 Å². The van der Waals surface area contributed by atoms with Crippen molar-refractivity contribution in [1.29, 1.82) is 0 Å². The van der Waals surface area contributed by atoms with Crippen LogP contribution in [0.5, 0.6) is 5.75 Å². The molecule has 0 atom stereocenters. The van der Waals surface area contributed by atoms with Crippen LogP contribution in [0.3, 0.4) is 0 Å². The first-order valence-corrected chi connectivity index (χ1v) is 8.15. The number of rotatable bonds is 4. The number of imidazole rings is 1. The van der Waals surface area contributed by atoms with E-state index in [4.69, 9.17) is 4.74 Å². The summed E-state index contributed by atoms with van der Waals surface area (Å²) in [6.45, 7) is 2.30. The van der Waals surface area contributed by atoms with Crippen molar-refractivity contribution in [2.75, 3.05) is 13.1 Å². The van der Waals surface area contributed by atoms with Gasteiger partial charge < -0.3 is 14.3 Å². The molecule has 3 heterocycles. The van der Waals surface area contributed by atoms with E-state index in [0.29, 0.717) is 5.75 Å². The first-order chi connectivity index (χ1) is 10.4. The van der Waals surface area contributed by atoms with Crippen molar-refractivity contribution in [2.45, 2.75) is 18.1 Å². The maximum absolute atomic E-state index is 12.2. The van der Waals surface area contributed by atoms with Gasteiger partial charge in [-0.05, 0) is 13.0 Å². The third-order valence-corrected chi connectivity index (χ3v) is 5.44. The molecule has 0 spiro atoms. The molecule has 22 heavy (non-hydrogen) atoms. The molecule has 0 unspecified atom stereocenters. The Hall–Kier alpha value is -2.13. The van der Waals surface area contributed by atoms with E-state index < -0.39 is 10.0 Å². The highest BCUT2D eigenvalue weighted by atomic mass is 32.2. The third-order valence-electron chi connectivity index (χ3n) is 3.68. The Bertz CT molecular complexity index is 835. The minimum Gasteiger partial charge on any atom is -0.487 e. The van der Waals surface area contributed by atoms with Crippen LogP contribution in [0.4, 0.5) is 0 Å². The van der Waals surface area contributed by atoms with Gasteiger partial charge in [0.25, 0.3) is 15.6 Å².